The maximum Gasteiger partial charge on any atom is 0.356 e. The van der Waals surface area contributed by atoms with E-state index < -0.39 is 17.7 Å². The van der Waals surface area contributed by atoms with E-state index in [1.165, 1.54) is 43.6 Å². The van der Waals surface area contributed by atoms with Crippen molar-refractivity contribution in [2.45, 2.75) is 0 Å². The molecule has 0 radical (unpaired) electrons. The molecule has 0 aliphatic heterocycles. The van der Waals surface area contributed by atoms with Gasteiger partial charge in [-0.05, 0) is 23.8 Å². The summed E-state index contributed by atoms with van der Waals surface area (Å²) in [7, 11) is 1.20. The number of ether oxygens (including phenoxy) is 1. The number of benzene rings is 1. The Hall–Kier alpha value is -3.03. The first-order chi connectivity index (χ1) is 10.0. The largest absolute Gasteiger partial charge is 0.464 e. The number of halogens is 1. The molecule has 1 heterocycles. The lowest BCUT2D eigenvalue weighted by atomic mass is 10.2. The molecule has 21 heavy (non-hydrogen) atoms. The maximum absolute atomic E-state index is 12.9. The summed E-state index contributed by atoms with van der Waals surface area (Å²) in [6.45, 7) is 0. The van der Waals surface area contributed by atoms with Crippen molar-refractivity contribution in [1.82, 2.24) is 15.0 Å². The van der Waals surface area contributed by atoms with Crippen LogP contribution in [0.1, 0.15) is 16.1 Å². The third-order valence-corrected chi connectivity index (χ3v) is 2.56. The van der Waals surface area contributed by atoms with Crippen LogP contribution in [0.15, 0.2) is 30.5 Å². The molecule has 2 N–H and O–H groups in total. The van der Waals surface area contributed by atoms with E-state index in [1.54, 1.807) is 0 Å². The van der Waals surface area contributed by atoms with Crippen LogP contribution in [0.3, 0.4) is 0 Å². The van der Waals surface area contributed by atoms with Crippen molar-refractivity contribution in [3.05, 3.63) is 47.5 Å². The van der Waals surface area contributed by atoms with E-state index in [4.69, 9.17) is 5.73 Å². The van der Waals surface area contributed by atoms with Crippen LogP contribution >= 0.6 is 0 Å². The number of carbonyl (C=O) groups excluding carboxylic acids is 2. The van der Waals surface area contributed by atoms with Crippen LogP contribution in [0, 0.1) is 5.82 Å². The summed E-state index contributed by atoms with van der Waals surface area (Å²) in [5.41, 5.74) is 5.53. The zero-order valence-electron chi connectivity index (χ0n) is 11.0. The summed E-state index contributed by atoms with van der Waals surface area (Å²) < 4.78 is 18.6. The SMILES string of the molecule is COC(=O)/C(=C/c1ccc(F)cc1)n1cc(C(N)=O)nn1. The number of carbonyl (C=O) groups is 2. The van der Waals surface area contributed by atoms with Crippen LogP contribution in [0.2, 0.25) is 0 Å². The number of methoxy groups -OCH3 is 1. The van der Waals surface area contributed by atoms with Crippen molar-refractivity contribution >= 4 is 23.6 Å². The molecule has 0 atom stereocenters. The fourth-order valence-corrected chi connectivity index (χ4v) is 1.53. The van der Waals surface area contributed by atoms with Gasteiger partial charge in [0.2, 0.25) is 0 Å². The Kier molecular flexibility index (Phi) is 4.07. The second kappa shape index (κ2) is 5.95. The van der Waals surface area contributed by atoms with Crippen LogP contribution in [-0.4, -0.2) is 34.0 Å². The van der Waals surface area contributed by atoms with Gasteiger partial charge in [0.15, 0.2) is 11.4 Å². The summed E-state index contributed by atoms with van der Waals surface area (Å²) in [6, 6.07) is 5.45. The molecule has 2 rings (SSSR count). The number of hydrogen-bond acceptors (Lipinski definition) is 5. The van der Waals surface area contributed by atoms with Gasteiger partial charge in [-0.2, -0.15) is 0 Å². The Morgan fingerprint density at radius 2 is 2.00 bits per heavy atom. The predicted molar refractivity (Wildman–Crippen MR) is 71.1 cm³/mol. The molecule has 8 heteroatoms. The number of esters is 1. The number of hydrogen-bond donors (Lipinski definition) is 1. The van der Waals surface area contributed by atoms with Gasteiger partial charge in [-0.3, -0.25) is 4.79 Å². The Labute approximate surface area is 118 Å². The highest BCUT2D eigenvalue weighted by atomic mass is 19.1. The summed E-state index contributed by atoms with van der Waals surface area (Å²) in [6.07, 6.45) is 2.62. The lowest BCUT2D eigenvalue weighted by Gasteiger charge is -2.04. The number of primary amides is 1. The van der Waals surface area contributed by atoms with Crippen molar-refractivity contribution in [3.63, 3.8) is 0 Å². The standard InChI is InChI=1S/C13H11FN4O3/c1-21-13(20)11(6-8-2-4-9(14)5-3-8)18-7-10(12(15)19)16-17-18/h2-7H,1H3,(H2,15,19)/b11-6-. The highest BCUT2D eigenvalue weighted by molar-refractivity contribution is 6.15. The van der Waals surface area contributed by atoms with Crippen molar-refractivity contribution < 1.29 is 18.7 Å². The quantitative estimate of drug-likeness (QED) is 0.659. The first kappa shape index (κ1) is 14.4. The van der Waals surface area contributed by atoms with Crippen molar-refractivity contribution in [1.29, 1.82) is 0 Å². The molecule has 0 saturated heterocycles. The summed E-state index contributed by atoms with van der Waals surface area (Å²) in [4.78, 5) is 22.8. The Morgan fingerprint density at radius 1 is 1.33 bits per heavy atom. The Balaban J connectivity index is 2.44. The van der Waals surface area contributed by atoms with Crippen LogP contribution in [0.5, 0.6) is 0 Å². The molecular formula is C13H11FN4O3. The smallest absolute Gasteiger partial charge is 0.356 e. The molecule has 1 aromatic carbocycles. The zero-order chi connectivity index (χ0) is 15.4. The summed E-state index contributed by atoms with van der Waals surface area (Å²) in [5.74, 6) is -1.86. The van der Waals surface area contributed by atoms with Gasteiger partial charge >= 0.3 is 5.97 Å². The van der Waals surface area contributed by atoms with Gasteiger partial charge < -0.3 is 10.5 Å². The topological polar surface area (TPSA) is 100 Å². The molecule has 1 aromatic heterocycles. The lowest BCUT2D eigenvalue weighted by molar-refractivity contribution is -0.134. The second-order valence-corrected chi connectivity index (χ2v) is 3.99. The van der Waals surface area contributed by atoms with E-state index >= 15 is 0 Å². The molecule has 1 amide bonds. The molecule has 0 unspecified atom stereocenters. The third kappa shape index (κ3) is 3.30. The van der Waals surface area contributed by atoms with E-state index in [1.807, 2.05) is 0 Å². The molecule has 0 saturated carbocycles. The number of rotatable bonds is 4. The first-order valence-electron chi connectivity index (χ1n) is 5.79. The monoisotopic (exact) mass is 290 g/mol. The minimum absolute atomic E-state index is 0.00380. The van der Waals surface area contributed by atoms with Crippen LogP contribution in [0.25, 0.3) is 11.8 Å². The number of nitrogens with zero attached hydrogens (tertiary/aromatic N) is 3. The normalized spacial score (nSPS) is 11.2. The minimum Gasteiger partial charge on any atom is -0.464 e. The predicted octanol–water partition coefficient (Wildman–Crippen LogP) is 0.687. The minimum atomic E-state index is -0.771. The fourth-order valence-electron chi connectivity index (χ4n) is 1.53. The van der Waals surface area contributed by atoms with Crippen molar-refractivity contribution in [2.75, 3.05) is 7.11 Å². The first-order valence-corrected chi connectivity index (χ1v) is 5.79. The van der Waals surface area contributed by atoms with Gasteiger partial charge in [0, 0.05) is 0 Å². The number of nitrogens with two attached hydrogens (primary N) is 1. The van der Waals surface area contributed by atoms with Crippen LogP contribution in [-0.2, 0) is 9.53 Å². The zero-order valence-corrected chi connectivity index (χ0v) is 11.0. The van der Waals surface area contributed by atoms with Gasteiger partial charge in [-0.15, -0.1) is 5.10 Å². The van der Waals surface area contributed by atoms with E-state index in [0.29, 0.717) is 5.56 Å². The Bertz CT molecular complexity index is 706. The third-order valence-electron chi connectivity index (χ3n) is 2.56. The molecule has 0 spiro atoms. The lowest BCUT2D eigenvalue weighted by Crippen LogP contribution is -2.12. The molecule has 0 bridgehead atoms. The average Bonchev–Trinajstić information content (AvgIpc) is 2.95. The van der Waals surface area contributed by atoms with Crippen molar-refractivity contribution in [2.24, 2.45) is 5.73 Å². The maximum atomic E-state index is 12.9. The number of amides is 1. The highest BCUT2D eigenvalue weighted by Gasteiger charge is 2.16. The molecular weight excluding hydrogens is 279 g/mol. The fraction of sp³-hybridized carbons (Fsp3) is 0.0769. The molecule has 0 aliphatic rings. The summed E-state index contributed by atoms with van der Waals surface area (Å²) in [5, 5.41) is 7.18. The Morgan fingerprint density at radius 3 is 2.52 bits per heavy atom. The van der Waals surface area contributed by atoms with Crippen molar-refractivity contribution in [3.8, 4) is 0 Å². The van der Waals surface area contributed by atoms with Gasteiger partial charge in [-0.1, -0.05) is 17.3 Å². The van der Waals surface area contributed by atoms with Crippen LogP contribution < -0.4 is 5.73 Å². The highest BCUT2D eigenvalue weighted by Crippen LogP contribution is 2.13. The van der Waals surface area contributed by atoms with E-state index in [2.05, 4.69) is 15.0 Å². The molecule has 2 aromatic rings. The van der Waals surface area contributed by atoms with Crippen LogP contribution in [0.4, 0.5) is 4.39 Å². The molecule has 0 aliphatic carbocycles. The van der Waals surface area contributed by atoms with E-state index in [-0.39, 0.29) is 11.4 Å². The van der Waals surface area contributed by atoms with Gasteiger partial charge in [0.05, 0.1) is 13.3 Å². The van der Waals surface area contributed by atoms with E-state index in [9.17, 15) is 14.0 Å². The van der Waals surface area contributed by atoms with Gasteiger partial charge in [0.25, 0.3) is 5.91 Å². The number of aromatic nitrogens is 3. The molecule has 7 nitrogen and oxygen atoms in total. The molecule has 0 fully saturated rings. The summed E-state index contributed by atoms with van der Waals surface area (Å²) >= 11 is 0. The second-order valence-electron chi connectivity index (χ2n) is 3.99. The van der Waals surface area contributed by atoms with E-state index in [0.717, 1.165) is 4.68 Å². The van der Waals surface area contributed by atoms with Gasteiger partial charge in [-0.25, -0.2) is 13.9 Å². The van der Waals surface area contributed by atoms with Gasteiger partial charge in [0.1, 0.15) is 5.82 Å². The average molecular weight is 290 g/mol. The molecule has 108 valence electrons.